The number of thioether (sulfide) groups is 1. The molecule has 0 aliphatic heterocycles. The molecule has 0 aliphatic carbocycles. The number of fused-ring (bicyclic) bond motifs is 1. The molecule has 6 heteroatoms. The minimum Gasteiger partial charge on any atom is -0.346 e. The first-order chi connectivity index (χ1) is 11.3. The van der Waals surface area contributed by atoms with E-state index in [1.807, 2.05) is 40.6 Å². The predicted molar refractivity (Wildman–Crippen MR) is 95.6 cm³/mol. The highest BCUT2D eigenvalue weighted by atomic mass is 32.2. The molecule has 1 atom stereocenters. The van der Waals surface area contributed by atoms with E-state index in [0.29, 0.717) is 6.42 Å². The van der Waals surface area contributed by atoms with Crippen molar-refractivity contribution in [2.24, 2.45) is 0 Å². The van der Waals surface area contributed by atoms with E-state index in [4.69, 9.17) is 0 Å². The number of hydrogen-bond donors (Lipinski definition) is 1. The molecule has 0 fully saturated rings. The summed E-state index contributed by atoms with van der Waals surface area (Å²) in [6.07, 6.45) is 6.78. The Bertz CT molecular complexity index is 613. The van der Waals surface area contributed by atoms with Crippen LogP contribution < -0.4 is 5.32 Å². The second-order valence-corrected chi connectivity index (χ2v) is 6.84. The van der Waals surface area contributed by atoms with Gasteiger partial charge in [0.05, 0.1) is 6.04 Å². The molecule has 0 saturated heterocycles. The van der Waals surface area contributed by atoms with Crippen molar-refractivity contribution in [1.82, 2.24) is 19.9 Å². The van der Waals surface area contributed by atoms with Crippen LogP contribution in [0.2, 0.25) is 0 Å². The molecule has 0 bridgehead atoms. The Labute approximate surface area is 142 Å². The van der Waals surface area contributed by atoms with E-state index in [2.05, 4.69) is 29.4 Å². The van der Waals surface area contributed by atoms with Crippen molar-refractivity contribution in [1.29, 1.82) is 0 Å². The lowest BCUT2D eigenvalue weighted by atomic mass is 10.1. The van der Waals surface area contributed by atoms with Gasteiger partial charge in [-0.1, -0.05) is 32.8 Å². The number of carbonyl (C=O) groups is 1. The van der Waals surface area contributed by atoms with Crippen LogP contribution in [0.15, 0.2) is 24.4 Å². The number of aromatic nitrogens is 3. The van der Waals surface area contributed by atoms with E-state index >= 15 is 0 Å². The largest absolute Gasteiger partial charge is 0.346 e. The van der Waals surface area contributed by atoms with E-state index in [0.717, 1.165) is 35.8 Å². The molecule has 0 radical (unpaired) electrons. The first-order valence-corrected chi connectivity index (χ1v) is 9.58. The van der Waals surface area contributed by atoms with Crippen LogP contribution in [-0.4, -0.2) is 32.0 Å². The summed E-state index contributed by atoms with van der Waals surface area (Å²) in [7, 11) is 0. The number of rotatable bonds is 10. The molecule has 1 unspecified atom stereocenters. The van der Waals surface area contributed by atoms with E-state index in [-0.39, 0.29) is 11.9 Å². The molecule has 0 aromatic carbocycles. The molecule has 0 aliphatic rings. The fraction of sp³-hybridized carbons (Fsp3) is 0.588. The van der Waals surface area contributed by atoms with Crippen LogP contribution in [-0.2, 0) is 4.79 Å². The van der Waals surface area contributed by atoms with Crippen LogP contribution >= 0.6 is 11.8 Å². The second kappa shape index (κ2) is 9.55. The Morgan fingerprint density at radius 2 is 2.13 bits per heavy atom. The Balaban J connectivity index is 1.94. The normalized spacial score (nSPS) is 12.4. The number of nitrogens with zero attached hydrogens (tertiary/aromatic N) is 3. The van der Waals surface area contributed by atoms with Crippen molar-refractivity contribution >= 4 is 23.3 Å². The molecule has 2 rings (SSSR count). The van der Waals surface area contributed by atoms with E-state index in [1.54, 1.807) is 0 Å². The molecule has 0 spiro atoms. The SMILES string of the molecule is CCCCSCCC(=O)NC(CCC)c1nnc2ccccn12. The van der Waals surface area contributed by atoms with Crippen molar-refractivity contribution < 1.29 is 4.79 Å². The number of hydrogen-bond acceptors (Lipinski definition) is 4. The molecule has 1 N–H and O–H groups in total. The van der Waals surface area contributed by atoms with Gasteiger partial charge in [-0.3, -0.25) is 9.20 Å². The maximum Gasteiger partial charge on any atom is 0.221 e. The number of unbranched alkanes of at least 4 members (excludes halogenated alkanes) is 1. The summed E-state index contributed by atoms with van der Waals surface area (Å²) in [5.74, 6) is 2.93. The van der Waals surface area contributed by atoms with Crippen LogP contribution in [0.1, 0.15) is 57.8 Å². The summed E-state index contributed by atoms with van der Waals surface area (Å²) < 4.78 is 1.95. The van der Waals surface area contributed by atoms with Gasteiger partial charge in [0.25, 0.3) is 0 Å². The number of nitrogens with one attached hydrogen (secondary N) is 1. The van der Waals surface area contributed by atoms with E-state index in [9.17, 15) is 4.79 Å². The Hall–Kier alpha value is -1.56. The van der Waals surface area contributed by atoms with Crippen molar-refractivity contribution in [2.75, 3.05) is 11.5 Å². The second-order valence-electron chi connectivity index (χ2n) is 5.61. The molecular formula is C17H26N4OS. The smallest absolute Gasteiger partial charge is 0.221 e. The summed E-state index contributed by atoms with van der Waals surface area (Å²) in [5.41, 5.74) is 0.813. The Morgan fingerprint density at radius 1 is 1.26 bits per heavy atom. The molecule has 2 heterocycles. The zero-order chi connectivity index (χ0) is 16.5. The first kappa shape index (κ1) is 17.8. The lowest BCUT2D eigenvalue weighted by Crippen LogP contribution is -2.30. The van der Waals surface area contributed by atoms with Gasteiger partial charge in [-0.2, -0.15) is 11.8 Å². The molecule has 1 amide bonds. The number of carbonyl (C=O) groups excluding carboxylic acids is 1. The molecule has 23 heavy (non-hydrogen) atoms. The Morgan fingerprint density at radius 3 is 2.91 bits per heavy atom. The fourth-order valence-corrected chi connectivity index (χ4v) is 3.46. The molecule has 2 aromatic heterocycles. The van der Waals surface area contributed by atoms with Gasteiger partial charge in [0.2, 0.25) is 5.91 Å². The van der Waals surface area contributed by atoms with Crippen LogP contribution in [0.3, 0.4) is 0 Å². The quantitative estimate of drug-likeness (QED) is 0.674. The molecule has 0 saturated carbocycles. The Kier molecular flexibility index (Phi) is 7.39. The third-order valence-corrected chi connectivity index (χ3v) is 4.75. The van der Waals surface area contributed by atoms with Gasteiger partial charge >= 0.3 is 0 Å². The number of pyridine rings is 1. The van der Waals surface area contributed by atoms with Crippen molar-refractivity contribution in [3.05, 3.63) is 30.2 Å². The van der Waals surface area contributed by atoms with Gasteiger partial charge in [0.1, 0.15) is 0 Å². The minimum absolute atomic E-state index is 0.0782. The highest BCUT2D eigenvalue weighted by molar-refractivity contribution is 7.99. The topological polar surface area (TPSA) is 59.3 Å². The summed E-state index contributed by atoms with van der Waals surface area (Å²) in [6, 6.07) is 5.74. The average molecular weight is 334 g/mol. The van der Waals surface area contributed by atoms with Crippen LogP contribution in [0, 0.1) is 0 Å². The standard InChI is InChI=1S/C17H26N4OS/c1-3-5-12-23-13-10-16(22)18-14(8-4-2)17-20-19-15-9-6-7-11-21(15)17/h6-7,9,11,14H,3-5,8,10,12-13H2,1-2H3,(H,18,22). The molecule has 2 aromatic rings. The molecule has 126 valence electrons. The summed E-state index contributed by atoms with van der Waals surface area (Å²) >= 11 is 1.85. The van der Waals surface area contributed by atoms with Crippen LogP contribution in [0.25, 0.3) is 5.65 Å². The highest BCUT2D eigenvalue weighted by Crippen LogP contribution is 2.18. The molecule has 5 nitrogen and oxygen atoms in total. The van der Waals surface area contributed by atoms with Gasteiger partial charge in [-0.05, 0) is 30.7 Å². The zero-order valence-corrected chi connectivity index (χ0v) is 14.8. The zero-order valence-electron chi connectivity index (χ0n) is 14.0. The maximum atomic E-state index is 12.2. The van der Waals surface area contributed by atoms with Crippen LogP contribution in [0.4, 0.5) is 0 Å². The third kappa shape index (κ3) is 5.23. The summed E-state index contributed by atoms with van der Waals surface area (Å²) in [4.78, 5) is 12.2. The minimum atomic E-state index is -0.0782. The lowest BCUT2D eigenvalue weighted by Gasteiger charge is -2.16. The van der Waals surface area contributed by atoms with Crippen LogP contribution in [0.5, 0.6) is 0 Å². The van der Waals surface area contributed by atoms with Gasteiger partial charge in [0.15, 0.2) is 11.5 Å². The lowest BCUT2D eigenvalue weighted by molar-refractivity contribution is -0.121. The van der Waals surface area contributed by atoms with Gasteiger partial charge in [0, 0.05) is 18.4 Å². The summed E-state index contributed by atoms with van der Waals surface area (Å²) in [5, 5.41) is 11.6. The van der Waals surface area contributed by atoms with Gasteiger partial charge < -0.3 is 5.32 Å². The van der Waals surface area contributed by atoms with E-state index in [1.165, 1.54) is 12.8 Å². The highest BCUT2D eigenvalue weighted by Gasteiger charge is 2.19. The van der Waals surface area contributed by atoms with Crippen molar-refractivity contribution in [3.8, 4) is 0 Å². The monoisotopic (exact) mass is 334 g/mol. The van der Waals surface area contributed by atoms with Crippen molar-refractivity contribution in [2.45, 2.75) is 52.0 Å². The third-order valence-electron chi connectivity index (χ3n) is 3.68. The number of amides is 1. The van der Waals surface area contributed by atoms with Gasteiger partial charge in [-0.25, -0.2) is 0 Å². The maximum absolute atomic E-state index is 12.2. The predicted octanol–water partition coefficient (Wildman–Crippen LogP) is 3.61. The first-order valence-electron chi connectivity index (χ1n) is 8.43. The van der Waals surface area contributed by atoms with E-state index < -0.39 is 0 Å². The van der Waals surface area contributed by atoms with Crippen molar-refractivity contribution in [3.63, 3.8) is 0 Å². The fourth-order valence-electron chi connectivity index (χ4n) is 2.43. The molecular weight excluding hydrogens is 308 g/mol. The average Bonchev–Trinajstić information content (AvgIpc) is 2.98. The summed E-state index contributed by atoms with van der Waals surface area (Å²) in [6.45, 7) is 4.30. The van der Waals surface area contributed by atoms with Gasteiger partial charge in [-0.15, -0.1) is 10.2 Å².